The van der Waals surface area contributed by atoms with Gasteiger partial charge in [0.15, 0.2) is 11.6 Å². The molecule has 0 radical (unpaired) electrons. The summed E-state index contributed by atoms with van der Waals surface area (Å²) in [6, 6.07) is 3.59. The van der Waals surface area contributed by atoms with E-state index in [2.05, 4.69) is 0 Å². The Labute approximate surface area is 111 Å². The summed E-state index contributed by atoms with van der Waals surface area (Å²) in [4.78, 5) is 13.2. The monoisotopic (exact) mass is 278 g/mol. The van der Waals surface area contributed by atoms with Crippen molar-refractivity contribution < 1.29 is 13.6 Å². The first kappa shape index (κ1) is 16.8. The minimum absolute atomic E-state index is 0. The van der Waals surface area contributed by atoms with E-state index in [0.717, 1.165) is 12.1 Å². The van der Waals surface area contributed by atoms with Crippen molar-refractivity contribution in [3.8, 4) is 0 Å². The predicted octanol–water partition coefficient (Wildman–Crippen LogP) is 1.94. The van der Waals surface area contributed by atoms with Gasteiger partial charge in [0.1, 0.15) is 0 Å². The molecule has 0 aromatic heterocycles. The first-order valence-corrected chi connectivity index (χ1v) is 5.34. The third-order valence-corrected chi connectivity index (χ3v) is 2.56. The maximum Gasteiger partial charge on any atom is 0.226 e. The van der Waals surface area contributed by atoms with Crippen LogP contribution in [0, 0.1) is 17.6 Å². The van der Waals surface area contributed by atoms with Crippen molar-refractivity contribution in [2.24, 2.45) is 11.7 Å². The Balaban J connectivity index is 0.00000289. The fraction of sp³-hybridized carbons (Fsp3) is 0.417. The molecule has 102 valence electrons. The molecule has 1 atom stereocenters. The molecule has 2 N–H and O–H groups in total. The molecule has 0 spiro atoms. The van der Waals surface area contributed by atoms with E-state index >= 15 is 0 Å². The van der Waals surface area contributed by atoms with E-state index < -0.39 is 11.6 Å². The van der Waals surface area contributed by atoms with Gasteiger partial charge in [-0.1, -0.05) is 13.0 Å². The predicted molar refractivity (Wildman–Crippen MR) is 68.3 cm³/mol. The average molecular weight is 279 g/mol. The third-order valence-electron chi connectivity index (χ3n) is 2.56. The Morgan fingerprint density at radius 3 is 2.50 bits per heavy atom. The summed E-state index contributed by atoms with van der Waals surface area (Å²) in [5, 5.41) is 0. The van der Waals surface area contributed by atoms with Crippen LogP contribution in [0.1, 0.15) is 12.5 Å². The van der Waals surface area contributed by atoms with Crippen molar-refractivity contribution in [2.75, 3.05) is 13.6 Å². The van der Waals surface area contributed by atoms with E-state index in [4.69, 9.17) is 5.73 Å². The molecule has 0 aliphatic rings. The molecule has 0 fully saturated rings. The van der Waals surface area contributed by atoms with Gasteiger partial charge in [0, 0.05) is 26.1 Å². The minimum Gasteiger partial charge on any atom is -0.341 e. The summed E-state index contributed by atoms with van der Waals surface area (Å²) < 4.78 is 25.7. The van der Waals surface area contributed by atoms with Crippen LogP contribution >= 0.6 is 12.4 Å². The Kier molecular flexibility index (Phi) is 6.80. The van der Waals surface area contributed by atoms with E-state index in [1.165, 1.54) is 11.0 Å². The fourth-order valence-corrected chi connectivity index (χ4v) is 1.47. The number of carbonyl (C=O) groups is 1. The third kappa shape index (κ3) is 4.23. The van der Waals surface area contributed by atoms with Crippen molar-refractivity contribution in [1.29, 1.82) is 0 Å². The van der Waals surface area contributed by atoms with Crippen LogP contribution in [-0.2, 0) is 11.3 Å². The van der Waals surface area contributed by atoms with Crippen LogP contribution in [0.2, 0.25) is 0 Å². The maximum atomic E-state index is 13.0. The molecule has 0 heterocycles. The number of amides is 1. The van der Waals surface area contributed by atoms with Gasteiger partial charge in [-0.15, -0.1) is 12.4 Å². The second-order valence-corrected chi connectivity index (χ2v) is 4.08. The summed E-state index contributed by atoms with van der Waals surface area (Å²) >= 11 is 0. The molecular formula is C12H17ClF2N2O. The normalized spacial score (nSPS) is 11.6. The van der Waals surface area contributed by atoms with E-state index in [0.29, 0.717) is 5.56 Å². The molecule has 1 amide bonds. The zero-order chi connectivity index (χ0) is 13.0. The van der Waals surface area contributed by atoms with Crippen molar-refractivity contribution in [3.05, 3.63) is 35.4 Å². The summed E-state index contributed by atoms with van der Waals surface area (Å²) in [7, 11) is 1.61. The van der Waals surface area contributed by atoms with Crippen LogP contribution in [0.25, 0.3) is 0 Å². The molecule has 0 aliphatic carbocycles. The highest BCUT2D eigenvalue weighted by Crippen LogP contribution is 2.11. The molecule has 1 rings (SSSR count). The number of hydrogen-bond acceptors (Lipinski definition) is 2. The number of carbonyl (C=O) groups excluding carboxylic acids is 1. The van der Waals surface area contributed by atoms with Gasteiger partial charge in [-0.2, -0.15) is 0 Å². The molecule has 1 aromatic rings. The Morgan fingerprint density at radius 2 is 2.00 bits per heavy atom. The molecule has 3 nitrogen and oxygen atoms in total. The second-order valence-electron chi connectivity index (χ2n) is 4.08. The van der Waals surface area contributed by atoms with Gasteiger partial charge in [-0.05, 0) is 17.7 Å². The van der Waals surface area contributed by atoms with E-state index in [1.54, 1.807) is 14.0 Å². The number of nitrogens with zero attached hydrogens (tertiary/aromatic N) is 1. The Hall–Kier alpha value is -1.20. The first-order valence-electron chi connectivity index (χ1n) is 5.34. The van der Waals surface area contributed by atoms with Gasteiger partial charge in [0.05, 0.1) is 0 Å². The highest BCUT2D eigenvalue weighted by Gasteiger charge is 2.16. The molecule has 0 saturated carbocycles. The zero-order valence-corrected chi connectivity index (χ0v) is 11.1. The van der Waals surface area contributed by atoms with Crippen molar-refractivity contribution in [3.63, 3.8) is 0 Å². The minimum atomic E-state index is -0.907. The molecule has 1 unspecified atom stereocenters. The molecule has 0 aliphatic heterocycles. The lowest BCUT2D eigenvalue weighted by atomic mass is 10.1. The molecule has 6 heteroatoms. The summed E-state index contributed by atoms with van der Waals surface area (Å²) in [6.45, 7) is 2.23. The van der Waals surface area contributed by atoms with E-state index in [1.807, 2.05) is 0 Å². The fourth-order valence-electron chi connectivity index (χ4n) is 1.47. The van der Waals surface area contributed by atoms with Gasteiger partial charge in [0.25, 0.3) is 0 Å². The van der Waals surface area contributed by atoms with Crippen molar-refractivity contribution in [1.82, 2.24) is 4.90 Å². The molecular weight excluding hydrogens is 262 g/mol. The first-order chi connectivity index (χ1) is 7.95. The van der Waals surface area contributed by atoms with Gasteiger partial charge in [-0.25, -0.2) is 8.78 Å². The van der Waals surface area contributed by atoms with E-state index in [9.17, 15) is 13.6 Å². The number of benzene rings is 1. The second kappa shape index (κ2) is 7.28. The smallest absolute Gasteiger partial charge is 0.226 e. The lowest BCUT2D eigenvalue weighted by Crippen LogP contribution is -2.34. The van der Waals surface area contributed by atoms with Crippen LogP contribution < -0.4 is 5.73 Å². The van der Waals surface area contributed by atoms with Crippen molar-refractivity contribution in [2.45, 2.75) is 13.5 Å². The van der Waals surface area contributed by atoms with Crippen LogP contribution in [0.5, 0.6) is 0 Å². The van der Waals surface area contributed by atoms with Gasteiger partial charge < -0.3 is 10.6 Å². The average Bonchev–Trinajstić information content (AvgIpc) is 2.31. The number of hydrogen-bond donors (Lipinski definition) is 1. The Morgan fingerprint density at radius 1 is 1.39 bits per heavy atom. The molecule has 1 aromatic carbocycles. The van der Waals surface area contributed by atoms with E-state index in [-0.39, 0.29) is 37.3 Å². The highest BCUT2D eigenvalue weighted by atomic mass is 35.5. The zero-order valence-electron chi connectivity index (χ0n) is 10.3. The quantitative estimate of drug-likeness (QED) is 0.915. The largest absolute Gasteiger partial charge is 0.341 e. The maximum absolute atomic E-state index is 13.0. The topological polar surface area (TPSA) is 46.3 Å². The number of rotatable bonds is 4. The summed E-state index contributed by atoms with van der Waals surface area (Å²) in [6.07, 6.45) is 0. The SMILES string of the molecule is CC(CN)C(=O)N(C)Cc1ccc(F)c(F)c1.Cl. The lowest BCUT2D eigenvalue weighted by Gasteiger charge is -2.20. The highest BCUT2D eigenvalue weighted by molar-refractivity contribution is 5.85. The van der Waals surface area contributed by atoms with Crippen LogP contribution in [-0.4, -0.2) is 24.4 Å². The van der Waals surface area contributed by atoms with Crippen LogP contribution in [0.3, 0.4) is 0 Å². The molecule has 0 bridgehead atoms. The standard InChI is InChI=1S/C12H16F2N2O.ClH/c1-8(6-15)12(17)16(2)7-9-3-4-10(13)11(14)5-9;/h3-5,8H,6-7,15H2,1-2H3;1H. The number of nitrogens with two attached hydrogens (primary N) is 1. The van der Waals surface area contributed by atoms with Crippen LogP contribution in [0.4, 0.5) is 8.78 Å². The molecule has 18 heavy (non-hydrogen) atoms. The van der Waals surface area contributed by atoms with Gasteiger partial charge in [0.2, 0.25) is 5.91 Å². The Bertz CT molecular complexity index is 415. The van der Waals surface area contributed by atoms with Crippen molar-refractivity contribution >= 4 is 18.3 Å². The van der Waals surface area contributed by atoms with Crippen LogP contribution in [0.15, 0.2) is 18.2 Å². The van der Waals surface area contributed by atoms with Gasteiger partial charge >= 0.3 is 0 Å². The lowest BCUT2D eigenvalue weighted by molar-refractivity contribution is -0.133. The van der Waals surface area contributed by atoms with Gasteiger partial charge in [-0.3, -0.25) is 4.79 Å². The summed E-state index contributed by atoms with van der Waals surface area (Å²) in [5.74, 6) is -2.18. The number of halogens is 3. The molecule has 0 saturated heterocycles. The summed E-state index contributed by atoms with van der Waals surface area (Å²) in [5.41, 5.74) is 5.94.